The Morgan fingerprint density at radius 2 is 2.08 bits per heavy atom. The van der Waals surface area contributed by atoms with Crippen LogP contribution in [0.4, 0.5) is 0 Å². The van der Waals surface area contributed by atoms with Crippen molar-refractivity contribution in [3.05, 3.63) is 53.6 Å². The van der Waals surface area contributed by atoms with E-state index in [9.17, 15) is 0 Å². The second-order valence-corrected chi connectivity index (χ2v) is 6.25. The molecular weight excluding hydrogens is 300 g/mol. The lowest BCUT2D eigenvalue weighted by atomic mass is 10.1. The van der Waals surface area contributed by atoms with Crippen LogP contribution in [0.1, 0.15) is 29.9 Å². The smallest absolute Gasteiger partial charge is 0.218 e. The number of para-hydroxylation sites is 1. The van der Waals surface area contributed by atoms with E-state index < -0.39 is 0 Å². The maximum Gasteiger partial charge on any atom is 0.218 e. The van der Waals surface area contributed by atoms with Crippen LogP contribution >= 0.6 is 0 Å². The molecule has 0 spiro atoms. The predicted molar refractivity (Wildman–Crippen MR) is 94.0 cm³/mol. The van der Waals surface area contributed by atoms with Crippen molar-refractivity contribution in [1.82, 2.24) is 19.9 Å². The van der Waals surface area contributed by atoms with E-state index in [4.69, 9.17) is 9.72 Å². The maximum atomic E-state index is 5.45. The van der Waals surface area contributed by atoms with Crippen LogP contribution in [-0.2, 0) is 26.1 Å². The zero-order valence-corrected chi connectivity index (χ0v) is 14.0. The van der Waals surface area contributed by atoms with Gasteiger partial charge in [0.2, 0.25) is 5.88 Å². The second kappa shape index (κ2) is 6.61. The molecule has 3 heterocycles. The molecule has 4 rings (SSSR count). The molecular formula is C19H22N4O. The highest BCUT2D eigenvalue weighted by molar-refractivity contribution is 5.80. The van der Waals surface area contributed by atoms with Crippen molar-refractivity contribution in [2.45, 2.75) is 38.9 Å². The number of aryl methyl sites for hydroxylation is 2. The summed E-state index contributed by atoms with van der Waals surface area (Å²) in [6.07, 6.45) is 5.79. The zero-order chi connectivity index (χ0) is 16.4. The van der Waals surface area contributed by atoms with E-state index in [1.165, 1.54) is 18.7 Å². The maximum absolute atomic E-state index is 5.45. The average Bonchev–Trinajstić information content (AvgIpc) is 3.04. The number of nitrogens with one attached hydrogen (secondary N) is 1. The summed E-state index contributed by atoms with van der Waals surface area (Å²) in [6.45, 7) is 2.57. The van der Waals surface area contributed by atoms with Crippen molar-refractivity contribution in [2.75, 3.05) is 7.11 Å². The molecule has 2 aromatic heterocycles. The molecule has 0 saturated heterocycles. The summed E-state index contributed by atoms with van der Waals surface area (Å²) >= 11 is 0. The zero-order valence-electron chi connectivity index (χ0n) is 14.0. The summed E-state index contributed by atoms with van der Waals surface area (Å²) in [4.78, 5) is 9.32. The number of methoxy groups -OCH3 is 1. The lowest BCUT2D eigenvalue weighted by Gasteiger charge is -2.11. The summed E-state index contributed by atoms with van der Waals surface area (Å²) in [5, 5.41) is 4.60. The van der Waals surface area contributed by atoms with Crippen LogP contribution in [0, 0.1) is 0 Å². The molecule has 0 saturated carbocycles. The fraction of sp³-hybridized carbons (Fsp3) is 0.368. The van der Waals surface area contributed by atoms with Crippen LogP contribution < -0.4 is 10.1 Å². The quantitative estimate of drug-likeness (QED) is 0.784. The van der Waals surface area contributed by atoms with E-state index in [-0.39, 0.29) is 0 Å². The lowest BCUT2D eigenvalue weighted by Crippen LogP contribution is -2.14. The van der Waals surface area contributed by atoms with Crippen LogP contribution in [0.5, 0.6) is 5.88 Å². The minimum atomic E-state index is 0.685. The van der Waals surface area contributed by atoms with Gasteiger partial charge in [-0.3, -0.25) is 0 Å². The third-order valence-corrected chi connectivity index (χ3v) is 4.54. The first-order valence-electron chi connectivity index (χ1n) is 8.52. The Morgan fingerprint density at radius 3 is 2.96 bits per heavy atom. The van der Waals surface area contributed by atoms with E-state index in [1.807, 2.05) is 18.2 Å². The number of pyridine rings is 1. The first-order valence-corrected chi connectivity index (χ1v) is 8.52. The van der Waals surface area contributed by atoms with Gasteiger partial charge in [-0.2, -0.15) is 0 Å². The predicted octanol–water partition coefficient (Wildman–Crippen LogP) is 3.07. The van der Waals surface area contributed by atoms with Gasteiger partial charge in [0.25, 0.3) is 0 Å². The van der Waals surface area contributed by atoms with Crippen molar-refractivity contribution in [3.8, 4) is 5.88 Å². The summed E-state index contributed by atoms with van der Waals surface area (Å²) < 4.78 is 7.74. The first kappa shape index (κ1) is 15.1. The van der Waals surface area contributed by atoms with Crippen molar-refractivity contribution in [2.24, 2.45) is 0 Å². The number of ether oxygens (including phenoxy) is 1. The summed E-state index contributed by atoms with van der Waals surface area (Å²) in [7, 11) is 1.67. The highest BCUT2D eigenvalue weighted by atomic mass is 16.5. The van der Waals surface area contributed by atoms with E-state index in [0.29, 0.717) is 12.4 Å². The fourth-order valence-corrected chi connectivity index (χ4v) is 3.33. The number of aromatic nitrogens is 3. The van der Waals surface area contributed by atoms with Gasteiger partial charge in [-0.25, -0.2) is 9.97 Å². The van der Waals surface area contributed by atoms with Gasteiger partial charge < -0.3 is 14.6 Å². The number of rotatable bonds is 5. The number of benzene rings is 1. The van der Waals surface area contributed by atoms with E-state index >= 15 is 0 Å². The van der Waals surface area contributed by atoms with Crippen molar-refractivity contribution < 1.29 is 4.74 Å². The van der Waals surface area contributed by atoms with Crippen molar-refractivity contribution >= 4 is 10.9 Å². The molecule has 3 aromatic rings. The Morgan fingerprint density at radius 1 is 1.17 bits per heavy atom. The molecule has 1 N–H and O–H groups in total. The lowest BCUT2D eigenvalue weighted by molar-refractivity contribution is 0.392. The van der Waals surface area contributed by atoms with Crippen molar-refractivity contribution in [1.29, 1.82) is 0 Å². The van der Waals surface area contributed by atoms with E-state index in [2.05, 4.69) is 33.2 Å². The van der Waals surface area contributed by atoms with Crippen LogP contribution in [0.25, 0.3) is 10.9 Å². The molecule has 0 amide bonds. The Balaban J connectivity index is 1.47. The van der Waals surface area contributed by atoms with Gasteiger partial charge in [-0.15, -0.1) is 0 Å². The number of nitrogens with zero attached hydrogens (tertiary/aromatic N) is 3. The number of hydrogen-bond donors (Lipinski definition) is 1. The van der Waals surface area contributed by atoms with Gasteiger partial charge in [-0.1, -0.05) is 18.2 Å². The molecule has 0 bridgehead atoms. The highest BCUT2D eigenvalue weighted by Crippen LogP contribution is 2.22. The van der Waals surface area contributed by atoms with Crippen LogP contribution in [-0.4, -0.2) is 21.6 Å². The molecule has 124 valence electrons. The third-order valence-electron chi connectivity index (χ3n) is 4.54. The fourth-order valence-electron chi connectivity index (χ4n) is 3.33. The average molecular weight is 322 g/mol. The largest absolute Gasteiger partial charge is 0.481 e. The number of hydrogen-bond acceptors (Lipinski definition) is 4. The summed E-state index contributed by atoms with van der Waals surface area (Å²) in [5.74, 6) is 1.91. The minimum absolute atomic E-state index is 0.685. The third kappa shape index (κ3) is 2.99. The first-order chi connectivity index (χ1) is 11.8. The Hall–Kier alpha value is -2.40. The van der Waals surface area contributed by atoms with Gasteiger partial charge in [-0.05, 0) is 25.0 Å². The normalized spacial score (nSPS) is 13.9. The Bertz CT molecular complexity index is 832. The highest BCUT2D eigenvalue weighted by Gasteiger charge is 2.12. The molecule has 1 aliphatic rings. The van der Waals surface area contributed by atoms with Gasteiger partial charge in [0, 0.05) is 43.2 Å². The van der Waals surface area contributed by atoms with E-state index in [0.717, 1.165) is 41.7 Å². The number of imidazole rings is 1. The molecule has 5 heteroatoms. The van der Waals surface area contributed by atoms with Gasteiger partial charge in [0.05, 0.1) is 18.3 Å². The van der Waals surface area contributed by atoms with E-state index in [1.54, 1.807) is 7.11 Å². The monoisotopic (exact) mass is 322 g/mol. The molecule has 0 aliphatic carbocycles. The van der Waals surface area contributed by atoms with Crippen molar-refractivity contribution in [3.63, 3.8) is 0 Å². The Kier molecular flexibility index (Phi) is 4.17. The number of fused-ring (bicyclic) bond motifs is 2. The van der Waals surface area contributed by atoms with Gasteiger partial charge >= 0.3 is 0 Å². The molecule has 5 nitrogen and oxygen atoms in total. The van der Waals surface area contributed by atoms with Crippen LogP contribution in [0.2, 0.25) is 0 Å². The SMILES string of the molecule is COc1nc2ccccc2cc1CNCc1cn2c(n1)CCCC2. The molecule has 0 unspecified atom stereocenters. The molecule has 0 radical (unpaired) electrons. The van der Waals surface area contributed by atoms with Crippen LogP contribution in [0.15, 0.2) is 36.5 Å². The molecule has 1 aromatic carbocycles. The summed E-state index contributed by atoms with van der Waals surface area (Å²) in [6, 6.07) is 10.3. The molecule has 0 fully saturated rings. The topological polar surface area (TPSA) is 52.0 Å². The molecule has 1 aliphatic heterocycles. The standard InChI is InChI=1S/C19H22N4O/c1-24-19-15(10-14-6-2-3-7-17(14)22-19)11-20-12-16-13-23-9-5-4-8-18(23)21-16/h2-3,6-7,10,13,20H,4-5,8-9,11-12H2,1H3. The molecule has 0 atom stereocenters. The minimum Gasteiger partial charge on any atom is -0.481 e. The molecule has 24 heavy (non-hydrogen) atoms. The van der Waals surface area contributed by atoms with Gasteiger partial charge in [0.15, 0.2) is 0 Å². The summed E-state index contributed by atoms with van der Waals surface area (Å²) in [5.41, 5.74) is 3.14. The van der Waals surface area contributed by atoms with Crippen LogP contribution in [0.3, 0.4) is 0 Å². The van der Waals surface area contributed by atoms with Gasteiger partial charge in [0.1, 0.15) is 5.82 Å². The second-order valence-electron chi connectivity index (χ2n) is 6.25. The Labute approximate surface area is 141 Å².